The number of aliphatic carboxylic acids is 1. The van der Waals surface area contributed by atoms with Crippen LogP contribution in [0.25, 0.3) is 0 Å². The molecule has 0 saturated carbocycles. The van der Waals surface area contributed by atoms with Crippen molar-refractivity contribution in [3.05, 3.63) is 41.9 Å². The summed E-state index contributed by atoms with van der Waals surface area (Å²) in [5.74, 6) is -3.24. The Morgan fingerprint density at radius 2 is 1.77 bits per heavy atom. The van der Waals surface area contributed by atoms with Crippen molar-refractivity contribution in [2.45, 2.75) is 25.6 Å². The Kier molecular flexibility index (Phi) is 6.94. The monoisotopic (exact) mass is 386 g/mol. The highest BCUT2D eigenvalue weighted by Gasteiger charge is 2.38. The van der Waals surface area contributed by atoms with E-state index in [0.717, 1.165) is 11.6 Å². The first kappa shape index (κ1) is 21.2. The molecular weight excluding hydrogens is 374 g/mol. The number of aromatic nitrogens is 3. The Morgan fingerprint density at radius 3 is 2.15 bits per heavy atom. The summed E-state index contributed by atoms with van der Waals surface area (Å²) < 4.78 is 72.9. The van der Waals surface area contributed by atoms with E-state index in [1.807, 2.05) is 0 Å². The third-order valence-corrected chi connectivity index (χ3v) is 2.53. The van der Waals surface area contributed by atoms with Gasteiger partial charge in [0.15, 0.2) is 0 Å². The zero-order valence-electron chi connectivity index (χ0n) is 12.8. The second-order valence-electron chi connectivity index (χ2n) is 4.61. The van der Waals surface area contributed by atoms with Crippen LogP contribution in [0, 0.1) is 0 Å². The molecule has 2 rings (SSSR count). The van der Waals surface area contributed by atoms with Gasteiger partial charge in [-0.1, -0.05) is 6.07 Å². The van der Waals surface area contributed by atoms with Gasteiger partial charge in [-0.3, -0.25) is 4.68 Å². The lowest BCUT2D eigenvalue weighted by atomic mass is 10.3. The van der Waals surface area contributed by atoms with Gasteiger partial charge in [0, 0.05) is 30.6 Å². The van der Waals surface area contributed by atoms with Crippen LogP contribution < -0.4 is 10.5 Å². The van der Waals surface area contributed by atoms with Gasteiger partial charge < -0.3 is 15.6 Å². The molecule has 0 fully saturated rings. The Hall–Kier alpha value is -2.83. The number of hydrogen-bond donors (Lipinski definition) is 2. The molecule has 0 radical (unpaired) electrons. The first-order valence-corrected chi connectivity index (χ1v) is 6.63. The summed E-state index contributed by atoms with van der Waals surface area (Å²) in [6.07, 6.45) is -5.11. The molecule has 0 aromatic carbocycles. The number of ether oxygens (including phenoxy) is 1. The average Bonchev–Trinajstić information content (AvgIpc) is 2.95. The molecule has 2 heterocycles. The molecule has 0 saturated heterocycles. The Bertz CT molecular complexity index is 712. The minimum absolute atomic E-state index is 0.386. The Morgan fingerprint density at radius 1 is 1.15 bits per heavy atom. The molecule has 0 amide bonds. The van der Waals surface area contributed by atoms with Gasteiger partial charge in [-0.2, -0.15) is 18.3 Å². The van der Waals surface area contributed by atoms with Gasteiger partial charge in [-0.15, -0.1) is 13.2 Å². The molecule has 144 valence electrons. The number of halogens is 6. The minimum Gasteiger partial charge on any atom is -0.475 e. The van der Waals surface area contributed by atoms with Crippen LogP contribution in [0.15, 0.2) is 30.7 Å². The largest absolute Gasteiger partial charge is 0.574 e. The quantitative estimate of drug-likeness (QED) is 0.782. The fourth-order valence-corrected chi connectivity index (χ4v) is 1.47. The Labute approximate surface area is 142 Å². The third-order valence-electron chi connectivity index (χ3n) is 2.53. The first-order chi connectivity index (χ1) is 11.9. The van der Waals surface area contributed by atoms with E-state index in [2.05, 4.69) is 14.8 Å². The molecule has 0 unspecified atom stereocenters. The highest BCUT2D eigenvalue weighted by molar-refractivity contribution is 5.73. The van der Waals surface area contributed by atoms with Crippen molar-refractivity contribution >= 4 is 5.97 Å². The summed E-state index contributed by atoms with van der Waals surface area (Å²) >= 11 is 0. The van der Waals surface area contributed by atoms with Gasteiger partial charge in [0.2, 0.25) is 5.88 Å². The summed E-state index contributed by atoms with van der Waals surface area (Å²) in [7, 11) is 0. The van der Waals surface area contributed by atoms with Crippen molar-refractivity contribution < 1.29 is 41.0 Å². The average molecular weight is 386 g/mol. The van der Waals surface area contributed by atoms with Gasteiger partial charge in [0.1, 0.15) is 0 Å². The molecule has 0 spiro atoms. The molecule has 3 N–H and O–H groups in total. The van der Waals surface area contributed by atoms with Crippen LogP contribution in [0.4, 0.5) is 26.3 Å². The molecule has 0 aliphatic heterocycles. The minimum atomic E-state index is -5.08. The lowest BCUT2D eigenvalue weighted by Gasteiger charge is -2.08. The smallest absolute Gasteiger partial charge is 0.475 e. The molecule has 26 heavy (non-hydrogen) atoms. The van der Waals surface area contributed by atoms with Crippen LogP contribution in [-0.4, -0.2) is 38.4 Å². The number of alkyl halides is 6. The summed E-state index contributed by atoms with van der Waals surface area (Å²) in [6, 6.07) is 2.66. The molecule has 0 aliphatic carbocycles. The fourth-order valence-electron chi connectivity index (χ4n) is 1.47. The number of rotatable bonds is 4. The highest BCUT2D eigenvalue weighted by atomic mass is 19.4. The van der Waals surface area contributed by atoms with E-state index in [1.165, 1.54) is 12.3 Å². The highest BCUT2D eigenvalue weighted by Crippen LogP contribution is 2.20. The van der Waals surface area contributed by atoms with Gasteiger partial charge in [0.05, 0.1) is 12.7 Å². The van der Waals surface area contributed by atoms with Crippen molar-refractivity contribution in [3.8, 4) is 5.88 Å². The zero-order chi connectivity index (χ0) is 20.0. The number of nitrogens with zero attached hydrogens (tertiary/aromatic N) is 3. The molecule has 13 heteroatoms. The maximum atomic E-state index is 11.9. The Balaban J connectivity index is 0.000000412. The number of hydrogen-bond acceptors (Lipinski definition) is 5. The molecule has 0 aliphatic rings. The molecule has 2 aromatic heterocycles. The predicted molar refractivity (Wildman–Crippen MR) is 73.8 cm³/mol. The van der Waals surface area contributed by atoms with Gasteiger partial charge in [-0.25, -0.2) is 9.78 Å². The van der Waals surface area contributed by atoms with Crippen molar-refractivity contribution in [1.29, 1.82) is 0 Å². The number of nitrogens with two attached hydrogens (primary N) is 1. The SMILES string of the molecule is NCc1cnn(Cc2ccc(OC(F)(F)F)nc2)c1.O=C(O)C(F)(F)F. The van der Waals surface area contributed by atoms with E-state index in [0.29, 0.717) is 18.7 Å². The van der Waals surface area contributed by atoms with Crippen LogP contribution in [0.1, 0.15) is 11.1 Å². The normalized spacial score (nSPS) is 11.5. The van der Waals surface area contributed by atoms with Crippen LogP contribution in [0.2, 0.25) is 0 Å². The van der Waals surface area contributed by atoms with E-state index in [9.17, 15) is 26.3 Å². The van der Waals surface area contributed by atoms with Gasteiger partial charge in [-0.05, 0) is 5.56 Å². The fraction of sp³-hybridized carbons (Fsp3) is 0.308. The van der Waals surface area contributed by atoms with E-state index >= 15 is 0 Å². The van der Waals surface area contributed by atoms with E-state index < -0.39 is 24.4 Å². The van der Waals surface area contributed by atoms with Crippen LogP contribution in [0.3, 0.4) is 0 Å². The molecule has 0 atom stereocenters. The number of carbonyl (C=O) groups is 1. The maximum Gasteiger partial charge on any atom is 0.574 e. The van der Waals surface area contributed by atoms with Gasteiger partial charge >= 0.3 is 18.5 Å². The van der Waals surface area contributed by atoms with Crippen LogP contribution >= 0.6 is 0 Å². The van der Waals surface area contributed by atoms with Crippen molar-refractivity contribution in [2.24, 2.45) is 5.73 Å². The van der Waals surface area contributed by atoms with E-state index in [4.69, 9.17) is 15.6 Å². The van der Waals surface area contributed by atoms with Crippen molar-refractivity contribution in [3.63, 3.8) is 0 Å². The van der Waals surface area contributed by atoms with E-state index in [1.54, 1.807) is 17.1 Å². The van der Waals surface area contributed by atoms with Crippen LogP contribution in [-0.2, 0) is 17.9 Å². The molecule has 0 bridgehead atoms. The van der Waals surface area contributed by atoms with E-state index in [-0.39, 0.29) is 0 Å². The topological polar surface area (TPSA) is 103 Å². The van der Waals surface area contributed by atoms with Crippen molar-refractivity contribution in [2.75, 3.05) is 0 Å². The summed E-state index contributed by atoms with van der Waals surface area (Å²) in [6.45, 7) is 0.788. The standard InChI is InChI=1S/C11H11F3N4O.C2HF3O2/c12-11(13,14)19-10-2-1-8(4-16-10)6-18-7-9(3-15)5-17-18;3-2(4,5)1(6)7/h1-2,4-5,7H,3,6,15H2;(H,6,7). The lowest BCUT2D eigenvalue weighted by molar-refractivity contribution is -0.276. The second-order valence-corrected chi connectivity index (χ2v) is 4.61. The van der Waals surface area contributed by atoms with Crippen molar-refractivity contribution in [1.82, 2.24) is 14.8 Å². The number of carboxylic acid groups (broad SMARTS) is 1. The van der Waals surface area contributed by atoms with Crippen LogP contribution in [0.5, 0.6) is 5.88 Å². The molecule has 7 nitrogen and oxygen atoms in total. The number of carboxylic acids is 1. The first-order valence-electron chi connectivity index (χ1n) is 6.63. The molecular formula is C13H12F6N4O3. The second kappa shape index (κ2) is 8.51. The summed E-state index contributed by atoms with van der Waals surface area (Å²) in [4.78, 5) is 12.5. The lowest BCUT2D eigenvalue weighted by Crippen LogP contribution is -2.21. The molecule has 2 aromatic rings. The third kappa shape index (κ3) is 7.83. The number of pyridine rings is 1. The summed E-state index contributed by atoms with van der Waals surface area (Å²) in [5.41, 5.74) is 7.04. The summed E-state index contributed by atoms with van der Waals surface area (Å²) in [5, 5.41) is 11.2. The predicted octanol–water partition coefficient (Wildman–Crippen LogP) is 2.32. The zero-order valence-corrected chi connectivity index (χ0v) is 12.8. The van der Waals surface area contributed by atoms with Gasteiger partial charge in [0.25, 0.3) is 0 Å². The maximum absolute atomic E-state index is 11.9.